The van der Waals surface area contributed by atoms with Crippen molar-refractivity contribution >= 4 is 23.7 Å². The molecule has 0 aliphatic heterocycles. The molecule has 0 saturated carbocycles. The minimum Gasteiger partial charge on any atom is -0.481 e. The summed E-state index contributed by atoms with van der Waals surface area (Å²) in [6.07, 6.45) is 21.1. The maximum Gasteiger partial charge on any atom is 0.321 e. The molecule has 7 heteroatoms. The first kappa shape index (κ1) is 28.2. The Kier molecular flexibility index (Phi) is 18.0. The van der Waals surface area contributed by atoms with Crippen LogP contribution in [-0.2, 0) is 9.59 Å². The quantitative estimate of drug-likeness (QED) is 0.143. The van der Waals surface area contributed by atoms with Crippen molar-refractivity contribution in [2.24, 2.45) is 5.73 Å². The van der Waals surface area contributed by atoms with E-state index in [-0.39, 0.29) is 17.4 Å². The third-order valence-corrected chi connectivity index (χ3v) is 5.65. The summed E-state index contributed by atoms with van der Waals surface area (Å²) in [4.78, 5) is 21.3. The number of rotatable bonds is 18. The Hall–Kier alpha value is -1.83. The van der Waals surface area contributed by atoms with Crippen molar-refractivity contribution in [3.05, 3.63) is 48.6 Å². The topological polar surface area (TPSA) is 121 Å². The number of aliphatic hydroxyl groups excluding tert-OH is 1. The van der Waals surface area contributed by atoms with Gasteiger partial charge in [-0.2, -0.15) is 0 Å². The van der Waals surface area contributed by atoms with E-state index in [0.717, 1.165) is 32.1 Å². The van der Waals surface area contributed by atoms with Gasteiger partial charge in [0.2, 0.25) is 0 Å². The molecule has 0 bridgehead atoms. The van der Waals surface area contributed by atoms with Crippen molar-refractivity contribution < 1.29 is 24.9 Å². The second-order valence-electron chi connectivity index (χ2n) is 7.00. The van der Waals surface area contributed by atoms with Gasteiger partial charge in [-0.25, -0.2) is 0 Å². The van der Waals surface area contributed by atoms with Gasteiger partial charge in [0.1, 0.15) is 6.04 Å². The van der Waals surface area contributed by atoms with Gasteiger partial charge in [-0.15, -0.1) is 11.8 Å². The maximum atomic E-state index is 10.9. The number of nitrogens with two attached hydrogens (primary N) is 1. The first-order valence-corrected chi connectivity index (χ1v) is 11.6. The van der Waals surface area contributed by atoms with E-state index < -0.39 is 24.1 Å². The first-order chi connectivity index (χ1) is 14.4. The standard InChI is InChI=1S/C23H37NO5S/c1-2-3-12-15-20(25)21(30-18-19(24)23(28)29)16-13-10-8-6-4-5-7-9-11-14-17-22(26)27/h4,6-10,13,16,19-21,25H,2-3,5,11-12,14-15,17-18,24H2,1H3,(H,26,27)(H,28,29)/b6-4?,9-7?,10-8+,16-13+/t19-,20-,21+/m0/s1. The third-order valence-electron chi connectivity index (χ3n) is 4.24. The summed E-state index contributed by atoms with van der Waals surface area (Å²) in [5, 5.41) is 27.7. The van der Waals surface area contributed by atoms with E-state index in [1.54, 1.807) is 0 Å². The summed E-state index contributed by atoms with van der Waals surface area (Å²) in [5.41, 5.74) is 5.58. The molecule has 0 radical (unpaired) electrons. The highest BCUT2D eigenvalue weighted by Gasteiger charge is 2.20. The summed E-state index contributed by atoms with van der Waals surface area (Å²) >= 11 is 1.37. The SMILES string of the molecule is CCCCC[C@H](O)[C@@H](/C=C/C=C/C=CCC=CCCCC(=O)O)SC[C@H](N)C(=O)O. The molecule has 0 aromatic carbocycles. The smallest absolute Gasteiger partial charge is 0.321 e. The Morgan fingerprint density at radius 2 is 1.73 bits per heavy atom. The van der Waals surface area contributed by atoms with Gasteiger partial charge in [0.15, 0.2) is 0 Å². The Balaban J connectivity index is 4.42. The predicted octanol–water partition coefficient (Wildman–Crippen LogP) is 4.31. The molecule has 0 unspecified atom stereocenters. The van der Waals surface area contributed by atoms with E-state index in [9.17, 15) is 14.7 Å². The third kappa shape index (κ3) is 17.1. The van der Waals surface area contributed by atoms with Gasteiger partial charge in [0.25, 0.3) is 0 Å². The molecule has 0 aliphatic carbocycles. The lowest BCUT2D eigenvalue weighted by Gasteiger charge is -2.20. The highest BCUT2D eigenvalue weighted by Crippen LogP contribution is 2.21. The highest BCUT2D eigenvalue weighted by atomic mass is 32.2. The minimum atomic E-state index is -1.04. The van der Waals surface area contributed by atoms with Gasteiger partial charge in [-0.3, -0.25) is 9.59 Å². The minimum absolute atomic E-state index is 0.198. The van der Waals surface area contributed by atoms with Gasteiger partial charge >= 0.3 is 11.9 Å². The van der Waals surface area contributed by atoms with Crippen LogP contribution >= 0.6 is 11.8 Å². The van der Waals surface area contributed by atoms with Crippen molar-refractivity contribution in [2.45, 2.75) is 75.7 Å². The number of hydrogen-bond donors (Lipinski definition) is 4. The largest absolute Gasteiger partial charge is 0.481 e. The number of carboxylic acids is 2. The number of unbranched alkanes of at least 4 members (excludes halogenated alkanes) is 3. The van der Waals surface area contributed by atoms with Crippen LogP contribution in [0.3, 0.4) is 0 Å². The number of allylic oxidation sites excluding steroid dienone is 7. The van der Waals surface area contributed by atoms with Crippen molar-refractivity contribution in [2.75, 3.05) is 5.75 Å². The van der Waals surface area contributed by atoms with E-state index in [0.29, 0.717) is 12.8 Å². The van der Waals surface area contributed by atoms with E-state index in [1.807, 2.05) is 48.6 Å². The van der Waals surface area contributed by atoms with Crippen molar-refractivity contribution in [3.8, 4) is 0 Å². The Labute approximate surface area is 184 Å². The molecule has 0 spiro atoms. The fraction of sp³-hybridized carbons (Fsp3) is 0.565. The highest BCUT2D eigenvalue weighted by molar-refractivity contribution is 8.00. The average molecular weight is 440 g/mol. The van der Waals surface area contributed by atoms with Crippen molar-refractivity contribution in [1.82, 2.24) is 0 Å². The van der Waals surface area contributed by atoms with E-state index in [1.165, 1.54) is 11.8 Å². The maximum absolute atomic E-state index is 10.9. The van der Waals surface area contributed by atoms with E-state index in [2.05, 4.69) is 6.92 Å². The fourth-order valence-corrected chi connectivity index (χ4v) is 3.60. The Bertz CT molecular complexity index is 586. The van der Waals surface area contributed by atoms with Crippen LogP contribution in [-0.4, -0.2) is 50.4 Å². The molecular formula is C23H37NO5S. The number of aliphatic carboxylic acids is 2. The zero-order valence-electron chi connectivity index (χ0n) is 17.9. The number of carboxylic acid groups (broad SMARTS) is 2. The molecule has 170 valence electrons. The summed E-state index contributed by atoms with van der Waals surface area (Å²) < 4.78 is 0. The summed E-state index contributed by atoms with van der Waals surface area (Å²) in [5.74, 6) is -1.55. The molecule has 5 N–H and O–H groups in total. The molecule has 0 heterocycles. The summed E-state index contributed by atoms with van der Waals surface area (Å²) in [7, 11) is 0. The molecule has 3 atom stereocenters. The van der Waals surface area contributed by atoms with Crippen LogP contribution in [0.4, 0.5) is 0 Å². The van der Waals surface area contributed by atoms with Gasteiger partial charge in [-0.05, 0) is 25.7 Å². The number of aliphatic hydroxyl groups is 1. The molecule has 0 aliphatic rings. The number of hydrogen-bond acceptors (Lipinski definition) is 5. The lowest BCUT2D eigenvalue weighted by molar-refractivity contribution is -0.138. The zero-order chi connectivity index (χ0) is 22.6. The summed E-state index contributed by atoms with van der Waals surface area (Å²) in [6, 6.07) is -0.940. The molecular weight excluding hydrogens is 402 g/mol. The normalized spacial score (nSPS) is 15.4. The van der Waals surface area contributed by atoms with Crippen molar-refractivity contribution in [3.63, 3.8) is 0 Å². The van der Waals surface area contributed by atoms with Gasteiger partial charge in [0.05, 0.1) is 6.10 Å². The summed E-state index contributed by atoms with van der Waals surface area (Å²) in [6.45, 7) is 2.11. The van der Waals surface area contributed by atoms with Gasteiger partial charge in [0, 0.05) is 17.4 Å². The predicted molar refractivity (Wildman–Crippen MR) is 125 cm³/mol. The average Bonchev–Trinajstić information content (AvgIpc) is 2.70. The molecule has 0 fully saturated rings. The van der Waals surface area contributed by atoms with Crippen LogP contribution in [0.15, 0.2) is 48.6 Å². The second kappa shape index (κ2) is 19.2. The first-order valence-electron chi connectivity index (χ1n) is 10.5. The number of thioether (sulfide) groups is 1. The van der Waals surface area contributed by atoms with Crippen LogP contribution in [0.5, 0.6) is 0 Å². The second-order valence-corrected chi connectivity index (χ2v) is 8.21. The molecule has 0 amide bonds. The Morgan fingerprint density at radius 3 is 2.40 bits per heavy atom. The molecule has 0 aromatic heterocycles. The van der Waals surface area contributed by atoms with E-state index in [4.69, 9.17) is 15.9 Å². The van der Waals surface area contributed by atoms with Crippen LogP contribution in [0, 0.1) is 0 Å². The van der Waals surface area contributed by atoms with Crippen LogP contribution in [0.1, 0.15) is 58.3 Å². The van der Waals surface area contributed by atoms with Gasteiger partial charge < -0.3 is 21.1 Å². The molecule has 6 nitrogen and oxygen atoms in total. The van der Waals surface area contributed by atoms with Crippen LogP contribution in [0.2, 0.25) is 0 Å². The van der Waals surface area contributed by atoms with Crippen molar-refractivity contribution in [1.29, 1.82) is 0 Å². The zero-order valence-corrected chi connectivity index (χ0v) is 18.7. The van der Waals surface area contributed by atoms with Crippen LogP contribution < -0.4 is 5.73 Å². The lowest BCUT2D eigenvalue weighted by atomic mass is 10.1. The van der Waals surface area contributed by atoms with Crippen LogP contribution in [0.25, 0.3) is 0 Å². The van der Waals surface area contributed by atoms with Gasteiger partial charge in [-0.1, -0.05) is 74.8 Å². The molecule has 0 saturated heterocycles. The lowest BCUT2D eigenvalue weighted by Crippen LogP contribution is -2.34. The monoisotopic (exact) mass is 439 g/mol. The molecule has 0 aromatic rings. The number of carbonyl (C=O) groups is 2. The molecule has 0 rings (SSSR count). The fourth-order valence-electron chi connectivity index (χ4n) is 2.47. The van der Waals surface area contributed by atoms with E-state index >= 15 is 0 Å². The Morgan fingerprint density at radius 1 is 1.00 bits per heavy atom. The molecule has 30 heavy (non-hydrogen) atoms.